The predicted molar refractivity (Wildman–Crippen MR) is 95.9 cm³/mol. The molecule has 1 unspecified atom stereocenters. The predicted octanol–water partition coefficient (Wildman–Crippen LogP) is 3.60. The summed E-state index contributed by atoms with van der Waals surface area (Å²) in [6.07, 6.45) is 1.88. The minimum atomic E-state index is -2.65. The Hall–Kier alpha value is -2.58. The van der Waals surface area contributed by atoms with Gasteiger partial charge in [-0.25, -0.2) is 4.79 Å². The lowest BCUT2D eigenvalue weighted by molar-refractivity contribution is 0.0698. The zero-order valence-corrected chi connectivity index (χ0v) is 14.5. The van der Waals surface area contributed by atoms with E-state index in [4.69, 9.17) is 4.74 Å². The minimum Gasteiger partial charge on any atom is -0.755 e. The Kier molecular flexibility index (Phi) is 6.79. The SMILES string of the molecule is CCCCNc1cc(C(=O)O)c(NS(=O)[O-])cc1Oc1ccccc1. The van der Waals surface area contributed by atoms with Gasteiger partial charge in [-0.2, -0.15) is 0 Å². The van der Waals surface area contributed by atoms with Crippen LogP contribution < -0.4 is 14.8 Å². The van der Waals surface area contributed by atoms with E-state index in [0.29, 0.717) is 23.7 Å². The molecule has 1 atom stereocenters. The normalized spacial score (nSPS) is 11.6. The largest absolute Gasteiger partial charge is 0.755 e. The lowest BCUT2D eigenvalue weighted by atomic mass is 10.1. The van der Waals surface area contributed by atoms with Crippen molar-refractivity contribution in [3.8, 4) is 11.5 Å². The highest BCUT2D eigenvalue weighted by Gasteiger charge is 2.16. The number of anilines is 2. The number of para-hydroxylation sites is 1. The van der Waals surface area contributed by atoms with E-state index in [1.165, 1.54) is 12.1 Å². The van der Waals surface area contributed by atoms with Gasteiger partial charge in [0.05, 0.1) is 16.9 Å². The van der Waals surface area contributed by atoms with Crippen LogP contribution in [-0.4, -0.2) is 26.4 Å². The van der Waals surface area contributed by atoms with Crippen molar-refractivity contribution >= 4 is 28.6 Å². The summed E-state index contributed by atoms with van der Waals surface area (Å²) in [6.45, 7) is 2.68. The minimum absolute atomic E-state index is 0.0622. The molecular formula is C17H19N2O5S-. The number of hydrogen-bond donors (Lipinski definition) is 3. The van der Waals surface area contributed by atoms with E-state index in [0.717, 1.165) is 12.8 Å². The molecule has 0 aliphatic rings. The highest BCUT2D eigenvalue weighted by molar-refractivity contribution is 7.80. The highest BCUT2D eigenvalue weighted by atomic mass is 32.2. The molecule has 7 nitrogen and oxygen atoms in total. The Balaban J connectivity index is 2.43. The number of hydrogen-bond acceptors (Lipinski definition) is 5. The van der Waals surface area contributed by atoms with Gasteiger partial charge in [0.15, 0.2) is 5.75 Å². The monoisotopic (exact) mass is 363 g/mol. The van der Waals surface area contributed by atoms with Crippen LogP contribution in [0.1, 0.15) is 30.1 Å². The number of benzene rings is 2. The van der Waals surface area contributed by atoms with Crippen molar-refractivity contribution in [3.63, 3.8) is 0 Å². The average molecular weight is 363 g/mol. The van der Waals surface area contributed by atoms with E-state index >= 15 is 0 Å². The molecule has 0 aromatic heterocycles. The van der Waals surface area contributed by atoms with Crippen LogP contribution >= 0.6 is 0 Å². The van der Waals surface area contributed by atoms with Gasteiger partial charge in [0.25, 0.3) is 0 Å². The number of aromatic carboxylic acids is 1. The first-order valence-corrected chi connectivity index (χ1v) is 8.82. The summed E-state index contributed by atoms with van der Waals surface area (Å²) in [5, 5.41) is 12.5. The van der Waals surface area contributed by atoms with Crippen LogP contribution in [-0.2, 0) is 11.3 Å². The van der Waals surface area contributed by atoms with Crippen molar-refractivity contribution in [3.05, 3.63) is 48.0 Å². The maximum atomic E-state index is 11.4. The summed E-state index contributed by atoms with van der Waals surface area (Å²) >= 11 is -2.65. The molecular weight excluding hydrogens is 344 g/mol. The van der Waals surface area contributed by atoms with Crippen molar-refractivity contribution in [2.45, 2.75) is 19.8 Å². The number of nitrogens with one attached hydrogen (secondary N) is 2. The molecule has 2 aromatic carbocycles. The number of carboxylic acids is 1. The standard InChI is InChI=1S/C17H20N2O5S/c1-2-3-9-18-15-10-13(17(20)21)14(19-25(22)23)11-16(15)24-12-7-5-4-6-8-12/h4-8,10-11,18-19H,2-3,9H2,1H3,(H,20,21)(H,22,23)/p-1. The van der Waals surface area contributed by atoms with Crippen LogP contribution in [0.3, 0.4) is 0 Å². The third kappa shape index (κ3) is 5.47. The van der Waals surface area contributed by atoms with Crippen LogP contribution in [0.2, 0.25) is 0 Å². The molecule has 3 N–H and O–H groups in total. The van der Waals surface area contributed by atoms with Gasteiger partial charge < -0.3 is 24.4 Å². The molecule has 25 heavy (non-hydrogen) atoms. The van der Waals surface area contributed by atoms with Gasteiger partial charge in [-0.1, -0.05) is 31.5 Å². The third-order valence-electron chi connectivity index (χ3n) is 3.36. The number of unbranched alkanes of at least 4 members (excludes halogenated alkanes) is 1. The number of carbonyl (C=O) groups is 1. The van der Waals surface area contributed by atoms with Crippen molar-refractivity contribution in [2.75, 3.05) is 16.6 Å². The van der Waals surface area contributed by atoms with Gasteiger partial charge in [0.2, 0.25) is 0 Å². The zero-order valence-electron chi connectivity index (χ0n) is 13.7. The summed E-state index contributed by atoms with van der Waals surface area (Å²) in [5.74, 6) is -0.351. The molecule has 2 rings (SSSR count). The second kappa shape index (κ2) is 9.05. The molecule has 0 saturated carbocycles. The Bertz CT molecular complexity index is 752. The van der Waals surface area contributed by atoms with E-state index in [-0.39, 0.29) is 11.3 Å². The van der Waals surface area contributed by atoms with Gasteiger partial charge in [-0.05, 0) is 24.6 Å². The average Bonchev–Trinajstić information content (AvgIpc) is 2.57. The van der Waals surface area contributed by atoms with Gasteiger partial charge in [-0.3, -0.25) is 4.21 Å². The lowest BCUT2D eigenvalue weighted by Gasteiger charge is -2.18. The molecule has 8 heteroatoms. The molecule has 0 aliphatic carbocycles. The summed E-state index contributed by atoms with van der Waals surface area (Å²) < 4.78 is 29.8. The molecule has 134 valence electrons. The fraction of sp³-hybridized carbons (Fsp3) is 0.235. The van der Waals surface area contributed by atoms with E-state index in [2.05, 4.69) is 10.0 Å². The zero-order chi connectivity index (χ0) is 18.2. The molecule has 0 aliphatic heterocycles. The second-order valence-electron chi connectivity index (χ2n) is 5.23. The smallest absolute Gasteiger partial charge is 0.337 e. The summed E-state index contributed by atoms with van der Waals surface area (Å²) in [5.41, 5.74) is 0.258. The van der Waals surface area contributed by atoms with Gasteiger partial charge in [0.1, 0.15) is 5.75 Å². The molecule has 0 amide bonds. The number of rotatable bonds is 9. The Morgan fingerprint density at radius 1 is 1.24 bits per heavy atom. The Labute approximate surface area is 148 Å². The quantitative estimate of drug-likeness (QED) is 0.464. The molecule has 0 bridgehead atoms. The number of ether oxygens (including phenoxy) is 1. The molecule has 0 radical (unpaired) electrons. The highest BCUT2D eigenvalue weighted by Crippen LogP contribution is 2.35. The molecule has 0 spiro atoms. The fourth-order valence-electron chi connectivity index (χ4n) is 2.17. The Morgan fingerprint density at radius 2 is 1.96 bits per heavy atom. The van der Waals surface area contributed by atoms with Crippen LogP contribution in [0, 0.1) is 0 Å². The van der Waals surface area contributed by atoms with Crippen LogP contribution in [0.15, 0.2) is 42.5 Å². The third-order valence-corrected chi connectivity index (χ3v) is 3.75. The lowest BCUT2D eigenvalue weighted by Crippen LogP contribution is -2.11. The first-order valence-electron chi connectivity index (χ1n) is 7.75. The topological polar surface area (TPSA) is 111 Å². The van der Waals surface area contributed by atoms with Crippen molar-refractivity contribution in [1.29, 1.82) is 0 Å². The fourth-order valence-corrected chi connectivity index (χ4v) is 2.52. The second-order valence-corrected chi connectivity index (χ2v) is 5.90. The molecule has 0 heterocycles. The summed E-state index contributed by atoms with van der Waals surface area (Å²) in [7, 11) is 0. The number of carboxylic acid groups (broad SMARTS) is 1. The maximum Gasteiger partial charge on any atom is 0.337 e. The van der Waals surface area contributed by atoms with Crippen molar-refractivity contribution < 1.29 is 23.4 Å². The van der Waals surface area contributed by atoms with E-state index in [1.807, 2.05) is 13.0 Å². The van der Waals surface area contributed by atoms with E-state index in [1.54, 1.807) is 24.3 Å². The van der Waals surface area contributed by atoms with Crippen LogP contribution in [0.25, 0.3) is 0 Å². The molecule has 2 aromatic rings. The summed E-state index contributed by atoms with van der Waals surface area (Å²) in [6, 6.07) is 11.7. The van der Waals surface area contributed by atoms with Gasteiger partial charge >= 0.3 is 5.97 Å². The van der Waals surface area contributed by atoms with Crippen LogP contribution in [0.5, 0.6) is 11.5 Å². The van der Waals surface area contributed by atoms with Crippen molar-refractivity contribution in [1.82, 2.24) is 0 Å². The first kappa shape index (κ1) is 18.8. The molecule has 0 saturated heterocycles. The molecule has 0 fully saturated rings. The maximum absolute atomic E-state index is 11.4. The van der Waals surface area contributed by atoms with Gasteiger partial charge in [0, 0.05) is 23.9 Å². The van der Waals surface area contributed by atoms with Gasteiger partial charge in [-0.15, -0.1) is 0 Å². The summed E-state index contributed by atoms with van der Waals surface area (Å²) in [4.78, 5) is 11.4. The van der Waals surface area contributed by atoms with E-state index in [9.17, 15) is 18.7 Å². The van der Waals surface area contributed by atoms with Crippen molar-refractivity contribution in [2.24, 2.45) is 0 Å². The first-order chi connectivity index (χ1) is 12.0. The van der Waals surface area contributed by atoms with E-state index < -0.39 is 17.2 Å². The van der Waals surface area contributed by atoms with Crippen LogP contribution in [0.4, 0.5) is 11.4 Å². The Morgan fingerprint density at radius 3 is 2.56 bits per heavy atom.